The molecule has 2 aromatic heterocycles. The molecule has 6 heteroatoms. The van der Waals surface area contributed by atoms with E-state index in [9.17, 15) is 4.79 Å². The molecule has 0 fully saturated rings. The highest BCUT2D eigenvalue weighted by atomic mass is 16.5. The Labute approximate surface area is 134 Å². The van der Waals surface area contributed by atoms with Gasteiger partial charge in [-0.05, 0) is 36.8 Å². The van der Waals surface area contributed by atoms with Gasteiger partial charge in [0.2, 0.25) is 0 Å². The number of nitrogens with zero attached hydrogens (tertiary/aromatic N) is 3. The van der Waals surface area contributed by atoms with E-state index in [0.29, 0.717) is 30.3 Å². The zero-order chi connectivity index (χ0) is 16.1. The average Bonchev–Trinajstić information content (AvgIpc) is 3.01. The SMILES string of the molecule is CCCOc1cccc(C(=O)NCc2nnc3ccccn23)c1. The molecular weight excluding hydrogens is 292 g/mol. The molecule has 0 spiro atoms. The summed E-state index contributed by atoms with van der Waals surface area (Å²) < 4.78 is 7.40. The van der Waals surface area contributed by atoms with Gasteiger partial charge in [0, 0.05) is 11.8 Å². The molecule has 118 valence electrons. The molecule has 1 aromatic carbocycles. The third-order valence-corrected chi connectivity index (χ3v) is 3.36. The molecule has 0 aliphatic carbocycles. The first-order valence-electron chi connectivity index (χ1n) is 7.57. The predicted octanol–water partition coefficient (Wildman–Crippen LogP) is 2.45. The Kier molecular flexibility index (Phi) is 4.52. The number of hydrogen-bond donors (Lipinski definition) is 1. The fourth-order valence-electron chi connectivity index (χ4n) is 2.22. The quantitative estimate of drug-likeness (QED) is 0.759. The number of amides is 1. The first kappa shape index (κ1) is 15.0. The summed E-state index contributed by atoms with van der Waals surface area (Å²) >= 11 is 0. The number of pyridine rings is 1. The van der Waals surface area contributed by atoms with Crippen molar-refractivity contribution in [1.82, 2.24) is 19.9 Å². The summed E-state index contributed by atoms with van der Waals surface area (Å²) in [6, 6.07) is 12.8. The topological polar surface area (TPSA) is 68.5 Å². The molecule has 1 N–H and O–H groups in total. The molecule has 3 rings (SSSR count). The van der Waals surface area contributed by atoms with Gasteiger partial charge in [0.05, 0.1) is 13.2 Å². The number of benzene rings is 1. The second-order valence-corrected chi connectivity index (χ2v) is 5.10. The Morgan fingerprint density at radius 1 is 1.22 bits per heavy atom. The highest BCUT2D eigenvalue weighted by molar-refractivity contribution is 5.94. The maximum absolute atomic E-state index is 12.3. The molecule has 0 saturated carbocycles. The van der Waals surface area contributed by atoms with Crippen molar-refractivity contribution in [2.45, 2.75) is 19.9 Å². The van der Waals surface area contributed by atoms with Crippen LogP contribution in [-0.2, 0) is 6.54 Å². The van der Waals surface area contributed by atoms with Crippen molar-refractivity contribution >= 4 is 11.6 Å². The molecule has 2 heterocycles. The highest BCUT2D eigenvalue weighted by Gasteiger charge is 2.09. The lowest BCUT2D eigenvalue weighted by molar-refractivity contribution is 0.0949. The summed E-state index contributed by atoms with van der Waals surface area (Å²) in [4.78, 5) is 12.3. The zero-order valence-electron chi connectivity index (χ0n) is 12.9. The van der Waals surface area contributed by atoms with Gasteiger partial charge in [0.25, 0.3) is 5.91 Å². The summed E-state index contributed by atoms with van der Waals surface area (Å²) in [7, 11) is 0. The van der Waals surface area contributed by atoms with Gasteiger partial charge in [-0.3, -0.25) is 9.20 Å². The zero-order valence-corrected chi connectivity index (χ0v) is 12.9. The lowest BCUT2D eigenvalue weighted by atomic mass is 10.2. The molecule has 0 unspecified atom stereocenters. The predicted molar refractivity (Wildman–Crippen MR) is 86.4 cm³/mol. The second-order valence-electron chi connectivity index (χ2n) is 5.10. The smallest absolute Gasteiger partial charge is 0.251 e. The number of nitrogens with one attached hydrogen (secondary N) is 1. The van der Waals surface area contributed by atoms with Gasteiger partial charge in [0.15, 0.2) is 11.5 Å². The summed E-state index contributed by atoms with van der Waals surface area (Å²) in [5.74, 6) is 1.22. The van der Waals surface area contributed by atoms with Crippen LogP contribution >= 0.6 is 0 Å². The van der Waals surface area contributed by atoms with Gasteiger partial charge in [-0.2, -0.15) is 0 Å². The maximum atomic E-state index is 12.3. The van der Waals surface area contributed by atoms with Gasteiger partial charge in [-0.1, -0.05) is 19.1 Å². The summed E-state index contributed by atoms with van der Waals surface area (Å²) in [5, 5.41) is 11.0. The van der Waals surface area contributed by atoms with Crippen molar-refractivity contribution in [3.05, 3.63) is 60.0 Å². The van der Waals surface area contributed by atoms with Crippen LogP contribution in [0.1, 0.15) is 29.5 Å². The molecule has 23 heavy (non-hydrogen) atoms. The van der Waals surface area contributed by atoms with Crippen molar-refractivity contribution < 1.29 is 9.53 Å². The van der Waals surface area contributed by atoms with E-state index < -0.39 is 0 Å². The second kappa shape index (κ2) is 6.91. The van der Waals surface area contributed by atoms with E-state index in [1.807, 2.05) is 47.9 Å². The molecule has 0 aliphatic rings. The number of carbonyl (C=O) groups is 1. The number of fused-ring (bicyclic) bond motifs is 1. The maximum Gasteiger partial charge on any atom is 0.251 e. The molecule has 6 nitrogen and oxygen atoms in total. The molecular formula is C17H18N4O2. The van der Waals surface area contributed by atoms with E-state index in [0.717, 1.165) is 12.1 Å². The van der Waals surface area contributed by atoms with Gasteiger partial charge >= 0.3 is 0 Å². The van der Waals surface area contributed by atoms with E-state index in [4.69, 9.17) is 4.74 Å². The van der Waals surface area contributed by atoms with Gasteiger partial charge in [-0.25, -0.2) is 0 Å². The van der Waals surface area contributed by atoms with Crippen LogP contribution in [0.5, 0.6) is 5.75 Å². The number of rotatable bonds is 6. The largest absolute Gasteiger partial charge is 0.494 e. The fraction of sp³-hybridized carbons (Fsp3) is 0.235. The van der Waals surface area contributed by atoms with Crippen molar-refractivity contribution in [3.63, 3.8) is 0 Å². The minimum absolute atomic E-state index is 0.167. The van der Waals surface area contributed by atoms with Crippen LogP contribution in [0, 0.1) is 0 Å². The van der Waals surface area contributed by atoms with Crippen LogP contribution in [0.4, 0.5) is 0 Å². The van der Waals surface area contributed by atoms with Crippen molar-refractivity contribution in [2.75, 3.05) is 6.61 Å². The summed E-state index contributed by atoms with van der Waals surface area (Å²) in [5.41, 5.74) is 1.32. The summed E-state index contributed by atoms with van der Waals surface area (Å²) in [6.07, 6.45) is 2.80. The Bertz CT molecular complexity index is 813. The van der Waals surface area contributed by atoms with Crippen molar-refractivity contribution in [3.8, 4) is 5.75 Å². The fourth-order valence-corrected chi connectivity index (χ4v) is 2.22. The Morgan fingerprint density at radius 3 is 3.00 bits per heavy atom. The van der Waals surface area contributed by atoms with Crippen LogP contribution in [0.3, 0.4) is 0 Å². The Morgan fingerprint density at radius 2 is 2.13 bits per heavy atom. The van der Waals surface area contributed by atoms with Crippen LogP contribution < -0.4 is 10.1 Å². The van der Waals surface area contributed by atoms with Gasteiger partial charge in [-0.15, -0.1) is 10.2 Å². The van der Waals surface area contributed by atoms with Crippen LogP contribution in [0.25, 0.3) is 5.65 Å². The normalized spacial score (nSPS) is 10.7. The molecule has 3 aromatic rings. The number of aromatic nitrogens is 3. The van der Waals surface area contributed by atoms with Crippen LogP contribution in [0.2, 0.25) is 0 Å². The van der Waals surface area contributed by atoms with Crippen LogP contribution in [-0.4, -0.2) is 27.1 Å². The molecule has 0 bridgehead atoms. The van der Waals surface area contributed by atoms with E-state index >= 15 is 0 Å². The summed E-state index contributed by atoms with van der Waals surface area (Å²) in [6.45, 7) is 2.99. The molecule has 1 amide bonds. The van der Waals surface area contributed by atoms with Crippen LogP contribution in [0.15, 0.2) is 48.7 Å². The highest BCUT2D eigenvalue weighted by Crippen LogP contribution is 2.13. The van der Waals surface area contributed by atoms with E-state index in [1.165, 1.54) is 0 Å². The van der Waals surface area contributed by atoms with E-state index in [2.05, 4.69) is 15.5 Å². The third kappa shape index (κ3) is 3.48. The lowest BCUT2D eigenvalue weighted by Gasteiger charge is -2.07. The molecule has 0 atom stereocenters. The minimum Gasteiger partial charge on any atom is -0.494 e. The van der Waals surface area contributed by atoms with Crippen molar-refractivity contribution in [1.29, 1.82) is 0 Å². The minimum atomic E-state index is -0.167. The Hall–Kier alpha value is -2.89. The molecule has 0 saturated heterocycles. The number of hydrogen-bond acceptors (Lipinski definition) is 4. The molecule has 0 radical (unpaired) electrons. The number of ether oxygens (including phenoxy) is 1. The third-order valence-electron chi connectivity index (χ3n) is 3.36. The van der Waals surface area contributed by atoms with Gasteiger partial charge < -0.3 is 10.1 Å². The Balaban J connectivity index is 1.67. The van der Waals surface area contributed by atoms with E-state index in [1.54, 1.807) is 12.1 Å². The first-order valence-corrected chi connectivity index (χ1v) is 7.57. The van der Waals surface area contributed by atoms with E-state index in [-0.39, 0.29) is 5.91 Å². The number of carbonyl (C=O) groups excluding carboxylic acids is 1. The van der Waals surface area contributed by atoms with Crippen molar-refractivity contribution in [2.24, 2.45) is 0 Å². The standard InChI is InChI=1S/C17H18N4O2/c1-2-10-23-14-7-5-6-13(11-14)17(22)18-12-16-20-19-15-8-3-4-9-21(15)16/h3-9,11H,2,10,12H2,1H3,(H,18,22). The van der Waals surface area contributed by atoms with Gasteiger partial charge in [0.1, 0.15) is 5.75 Å². The molecule has 0 aliphatic heterocycles. The monoisotopic (exact) mass is 310 g/mol. The first-order chi connectivity index (χ1) is 11.3. The lowest BCUT2D eigenvalue weighted by Crippen LogP contribution is -2.24. The average molecular weight is 310 g/mol.